The molecule has 0 bridgehead atoms. The Morgan fingerprint density at radius 3 is 2.30 bits per heavy atom. The standard InChI is InChI=1S/C23H21ClN2O4/c24-19-14-16(15-2-4-20-17(13-15)5-12-30-20)1-3-18(19)21(27)25-8-10-26(11-9-25)22(28)23(29)6-7-23/h1-5,12-14,29H,6-11H2. The Hall–Kier alpha value is -2.83. The van der Waals surface area contributed by atoms with Gasteiger partial charge in [-0.1, -0.05) is 23.7 Å². The molecule has 0 unspecified atom stereocenters. The van der Waals surface area contributed by atoms with Crippen LogP contribution in [0.3, 0.4) is 0 Å². The van der Waals surface area contributed by atoms with Gasteiger partial charge in [-0.15, -0.1) is 0 Å². The number of benzene rings is 2. The average molecular weight is 425 g/mol. The molecule has 1 saturated carbocycles. The smallest absolute Gasteiger partial charge is 0.255 e. The van der Waals surface area contributed by atoms with Gasteiger partial charge in [0.1, 0.15) is 11.2 Å². The van der Waals surface area contributed by atoms with Crippen molar-refractivity contribution in [2.24, 2.45) is 0 Å². The highest BCUT2D eigenvalue weighted by molar-refractivity contribution is 6.34. The van der Waals surface area contributed by atoms with Crippen molar-refractivity contribution >= 4 is 34.4 Å². The summed E-state index contributed by atoms with van der Waals surface area (Å²) in [5.41, 5.74) is 2.03. The van der Waals surface area contributed by atoms with E-state index in [0.717, 1.165) is 22.1 Å². The fraction of sp³-hybridized carbons (Fsp3) is 0.304. The van der Waals surface area contributed by atoms with Crippen LogP contribution in [0.4, 0.5) is 0 Å². The van der Waals surface area contributed by atoms with Gasteiger partial charge < -0.3 is 19.3 Å². The fourth-order valence-electron chi connectivity index (χ4n) is 3.92. The first-order valence-electron chi connectivity index (χ1n) is 10.0. The van der Waals surface area contributed by atoms with E-state index in [9.17, 15) is 14.7 Å². The van der Waals surface area contributed by atoms with Gasteiger partial charge in [-0.05, 0) is 54.3 Å². The van der Waals surface area contributed by atoms with Gasteiger partial charge in [0.15, 0.2) is 0 Å². The zero-order chi connectivity index (χ0) is 20.9. The minimum atomic E-state index is -1.16. The summed E-state index contributed by atoms with van der Waals surface area (Å²) in [5.74, 6) is -0.361. The summed E-state index contributed by atoms with van der Waals surface area (Å²) in [7, 11) is 0. The SMILES string of the molecule is O=C(c1ccc(-c2ccc3occc3c2)cc1Cl)N1CCN(C(=O)C2(O)CC2)CC1. The van der Waals surface area contributed by atoms with Crippen molar-refractivity contribution in [1.29, 1.82) is 0 Å². The lowest BCUT2D eigenvalue weighted by Gasteiger charge is -2.36. The highest BCUT2D eigenvalue weighted by Crippen LogP contribution is 2.37. The Bertz CT molecular complexity index is 1140. The van der Waals surface area contributed by atoms with E-state index in [1.165, 1.54) is 0 Å². The lowest BCUT2D eigenvalue weighted by molar-refractivity contribution is -0.143. The Labute approximate surface area is 178 Å². The van der Waals surface area contributed by atoms with Gasteiger partial charge in [-0.2, -0.15) is 0 Å². The van der Waals surface area contributed by atoms with Crippen LogP contribution in [0, 0.1) is 0 Å². The molecule has 2 heterocycles. The zero-order valence-electron chi connectivity index (χ0n) is 16.3. The average Bonchev–Trinajstić information content (AvgIpc) is 3.34. The van der Waals surface area contributed by atoms with Gasteiger partial charge in [-0.25, -0.2) is 0 Å². The normalized spacial score (nSPS) is 17.9. The van der Waals surface area contributed by atoms with Gasteiger partial charge in [0.25, 0.3) is 11.8 Å². The molecular weight excluding hydrogens is 404 g/mol. The second-order valence-corrected chi connectivity index (χ2v) is 8.39. The van der Waals surface area contributed by atoms with Crippen LogP contribution in [0.5, 0.6) is 0 Å². The van der Waals surface area contributed by atoms with E-state index >= 15 is 0 Å². The number of rotatable bonds is 3. The molecule has 6 nitrogen and oxygen atoms in total. The Morgan fingerprint density at radius 2 is 1.60 bits per heavy atom. The van der Waals surface area contributed by atoms with E-state index < -0.39 is 5.60 Å². The number of aliphatic hydroxyl groups is 1. The number of nitrogens with zero attached hydrogens (tertiary/aromatic N) is 2. The summed E-state index contributed by atoms with van der Waals surface area (Å²) < 4.78 is 5.38. The molecule has 0 atom stereocenters. The van der Waals surface area contributed by atoms with E-state index in [1.54, 1.807) is 28.2 Å². The number of amides is 2. The quantitative estimate of drug-likeness (QED) is 0.697. The fourth-order valence-corrected chi connectivity index (χ4v) is 4.19. The molecule has 1 N–H and O–H groups in total. The van der Waals surface area contributed by atoms with Crippen LogP contribution in [0.15, 0.2) is 53.1 Å². The number of carbonyl (C=O) groups excluding carboxylic acids is 2. The molecule has 30 heavy (non-hydrogen) atoms. The number of piperazine rings is 1. The number of hydrogen-bond acceptors (Lipinski definition) is 4. The molecule has 3 aromatic rings. The van der Waals surface area contributed by atoms with Gasteiger partial charge in [0.2, 0.25) is 0 Å². The Balaban J connectivity index is 1.30. The third-order valence-corrected chi connectivity index (χ3v) is 6.27. The molecule has 1 aliphatic heterocycles. The Kier molecular flexibility index (Phi) is 4.56. The molecule has 2 aromatic carbocycles. The van der Waals surface area contributed by atoms with Crippen LogP contribution < -0.4 is 0 Å². The summed E-state index contributed by atoms with van der Waals surface area (Å²) in [6, 6.07) is 13.3. The summed E-state index contributed by atoms with van der Waals surface area (Å²) >= 11 is 6.47. The highest BCUT2D eigenvalue weighted by atomic mass is 35.5. The van der Waals surface area contributed by atoms with Crippen molar-refractivity contribution in [2.75, 3.05) is 26.2 Å². The lowest BCUT2D eigenvalue weighted by atomic mass is 10.0. The van der Waals surface area contributed by atoms with Gasteiger partial charge in [-0.3, -0.25) is 9.59 Å². The molecule has 0 spiro atoms. The van der Waals surface area contributed by atoms with Crippen LogP contribution in [-0.2, 0) is 4.79 Å². The van der Waals surface area contributed by atoms with Crippen LogP contribution in [0.25, 0.3) is 22.1 Å². The number of hydrogen-bond donors (Lipinski definition) is 1. The molecule has 5 rings (SSSR count). The highest BCUT2D eigenvalue weighted by Gasteiger charge is 2.50. The minimum absolute atomic E-state index is 0.144. The molecule has 1 saturated heterocycles. The van der Waals surface area contributed by atoms with Crippen molar-refractivity contribution in [3.63, 3.8) is 0 Å². The maximum Gasteiger partial charge on any atom is 0.255 e. The maximum absolute atomic E-state index is 13.0. The number of halogens is 1. The topological polar surface area (TPSA) is 74.0 Å². The van der Waals surface area contributed by atoms with Crippen LogP contribution in [0.1, 0.15) is 23.2 Å². The first-order chi connectivity index (χ1) is 14.4. The first kappa shape index (κ1) is 19.2. The van der Waals surface area contributed by atoms with Crippen LogP contribution in [-0.4, -0.2) is 58.5 Å². The molecule has 154 valence electrons. The molecule has 2 amide bonds. The third kappa shape index (κ3) is 3.36. The van der Waals surface area contributed by atoms with E-state index in [-0.39, 0.29) is 11.8 Å². The molecule has 2 aliphatic rings. The molecule has 0 radical (unpaired) electrons. The predicted octanol–water partition coefficient (Wildman–Crippen LogP) is 3.56. The largest absolute Gasteiger partial charge is 0.464 e. The van der Waals surface area contributed by atoms with Gasteiger partial charge in [0.05, 0.1) is 16.8 Å². The van der Waals surface area contributed by atoms with E-state index in [2.05, 4.69) is 0 Å². The number of fused-ring (bicyclic) bond motifs is 1. The summed E-state index contributed by atoms with van der Waals surface area (Å²) in [4.78, 5) is 28.6. The Morgan fingerprint density at radius 1 is 0.933 bits per heavy atom. The van der Waals surface area contributed by atoms with Crippen molar-refractivity contribution in [3.8, 4) is 11.1 Å². The predicted molar refractivity (Wildman–Crippen MR) is 113 cm³/mol. The maximum atomic E-state index is 13.0. The lowest BCUT2D eigenvalue weighted by Crippen LogP contribution is -2.53. The molecular formula is C23H21ClN2O4. The zero-order valence-corrected chi connectivity index (χ0v) is 17.1. The van der Waals surface area contributed by atoms with Crippen molar-refractivity contribution in [3.05, 3.63) is 59.3 Å². The van der Waals surface area contributed by atoms with E-state index in [4.69, 9.17) is 16.0 Å². The van der Waals surface area contributed by atoms with Crippen LogP contribution >= 0.6 is 11.6 Å². The number of carbonyl (C=O) groups is 2. The van der Waals surface area contributed by atoms with E-state index in [0.29, 0.717) is 49.6 Å². The van der Waals surface area contributed by atoms with Crippen LogP contribution in [0.2, 0.25) is 5.02 Å². The third-order valence-electron chi connectivity index (χ3n) is 5.96. The van der Waals surface area contributed by atoms with Crippen molar-refractivity contribution in [2.45, 2.75) is 18.4 Å². The number of furan rings is 1. The summed E-state index contributed by atoms with van der Waals surface area (Å²) in [6.07, 6.45) is 2.71. The molecule has 2 fully saturated rings. The monoisotopic (exact) mass is 424 g/mol. The van der Waals surface area contributed by atoms with Gasteiger partial charge >= 0.3 is 0 Å². The summed E-state index contributed by atoms with van der Waals surface area (Å²) in [6.45, 7) is 1.70. The van der Waals surface area contributed by atoms with E-state index in [1.807, 2.05) is 30.3 Å². The molecule has 7 heteroatoms. The van der Waals surface area contributed by atoms with Gasteiger partial charge in [0, 0.05) is 31.6 Å². The second-order valence-electron chi connectivity index (χ2n) is 7.98. The minimum Gasteiger partial charge on any atom is -0.464 e. The van der Waals surface area contributed by atoms with Crippen molar-refractivity contribution in [1.82, 2.24) is 9.80 Å². The second kappa shape index (κ2) is 7.15. The van der Waals surface area contributed by atoms with Crippen molar-refractivity contribution < 1.29 is 19.1 Å². The molecule has 1 aliphatic carbocycles. The molecule has 1 aromatic heterocycles. The first-order valence-corrected chi connectivity index (χ1v) is 10.4. The summed E-state index contributed by atoms with van der Waals surface area (Å²) in [5, 5.41) is 11.4.